The maximum Gasteiger partial charge on any atom is 1.00 e. The molecule has 6 nitrogen and oxygen atoms in total. The summed E-state index contributed by atoms with van der Waals surface area (Å²) in [7, 11) is -9.58. The number of allylic oxidation sites excluding steroid dienone is 1. The monoisotopic (exact) mass is 486 g/mol. The van der Waals surface area contributed by atoms with Crippen molar-refractivity contribution in [3.05, 3.63) is 35.9 Å². The van der Waals surface area contributed by atoms with E-state index >= 15 is 0 Å². The van der Waals surface area contributed by atoms with Crippen molar-refractivity contribution in [2.24, 2.45) is 22.7 Å². The van der Waals surface area contributed by atoms with E-state index in [1.807, 2.05) is 0 Å². The van der Waals surface area contributed by atoms with Crippen LogP contribution in [0.15, 0.2) is 40.1 Å². The van der Waals surface area contributed by atoms with Crippen LogP contribution in [0, 0.1) is 22.7 Å². The summed E-state index contributed by atoms with van der Waals surface area (Å²) in [6, 6.07) is 2.93. The van der Waals surface area contributed by atoms with Gasteiger partial charge in [0.1, 0.15) is 20.2 Å². The number of benzene rings is 1. The summed E-state index contributed by atoms with van der Waals surface area (Å²) in [5.41, 5.74) is 0.894. The van der Waals surface area contributed by atoms with Gasteiger partial charge in [0.25, 0.3) is 0 Å². The van der Waals surface area contributed by atoms with Gasteiger partial charge in [-0.1, -0.05) is 32.9 Å². The van der Waals surface area contributed by atoms with Gasteiger partial charge < -0.3 is 9.11 Å². The Kier molecular flexibility index (Phi) is 9.79. The van der Waals surface area contributed by atoms with E-state index in [0.717, 1.165) is 50.3 Å². The largest absolute Gasteiger partial charge is 1.00 e. The first kappa shape index (κ1) is 29.8. The van der Waals surface area contributed by atoms with Gasteiger partial charge in [0, 0.05) is 0 Å². The first-order valence-electron chi connectivity index (χ1n) is 9.92. The van der Waals surface area contributed by atoms with E-state index in [9.17, 15) is 25.9 Å². The normalized spacial score (nSPS) is 31.2. The van der Waals surface area contributed by atoms with Crippen LogP contribution in [-0.2, 0) is 26.7 Å². The molecule has 0 aromatic heterocycles. The van der Waals surface area contributed by atoms with Gasteiger partial charge in [-0.05, 0) is 85.0 Å². The van der Waals surface area contributed by atoms with Crippen LogP contribution in [0.1, 0.15) is 58.4 Å². The summed E-state index contributed by atoms with van der Waals surface area (Å²) < 4.78 is 70.1. The Labute approximate surface area is 230 Å². The SMILES string of the molecule is C=C1CCC[C@H]2[C@](C)(Cc3cc(S(=O)(=O)[O-])ccc3S(=O)(=O)[O-])[C@H](C)CC[C@@]12C.[Na+].[Na+]. The number of hydrogen-bond acceptors (Lipinski definition) is 6. The van der Waals surface area contributed by atoms with Gasteiger partial charge in [-0.3, -0.25) is 0 Å². The van der Waals surface area contributed by atoms with Gasteiger partial charge >= 0.3 is 59.1 Å². The number of rotatable bonds is 4. The molecule has 1 aromatic rings. The predicted octanol–water partition coefficient (Wildman–Crippen LogP) is -2.16. The van der Waals surface area contributed by atoms with Gasteiger partial charge in [0.15, 0.2) is 0 Å². The van der Waals surface area contributed by atoms with E-state index in [1.54, 1.807) is 0 Å². The summed E-state index contributed by atoms with van der Waals surface area (Å²) in [4.78, 5) is -0.956. The van der Waals surface area contributed by atoms with Crippen LogP contribution in [-0.4, -0.2) is 25.9 Å². The second-order valence-electron chi connectivity index (χ2n) is 9.27. The molecule has 3 rings (SSSR count). The molecule has 0 N–H and O–H groups in total. The molecule has 0 amide bonds. The summed E-state index contributed by atoms with van der Waals surface area (Å²) in [6.45, 7) is 10.7. The second kappa shape index (κ2) is 10.2. The van der Waals surface area contributed by atoms with Crippen molar-refractivity contribution in [3.8, 4) is 0 Å². The minimum atomic E-state index is -4.81. The molecule has 10 heteroatoms. The van der Waals surface area contributed by atoms with E-state index in [4.69, 9.17) is 0 Å². The Morgan fingerprint density at radius 2 is 1.68 bits per heavy atom. The quantitative estimate of drug-likeness (QED) is 0.272. The van der Waals surface area contributed by atoms with Crippen molar-refractivity contribution >= 4 is 20.2 Å². The predicted molar refractivity (Wildman–Crippen MR) is 107 cm³/mol. The molecule has 4 atom stereocenters. The molecule has 0 unspecified atom stereocenters. The maximum absolute atomic E-state index is 11.8. The topological polar surface area (TPSA) is 114 Å². The van der Waals surface area contributed by atoms with Crippen molar-refractivity contribution in [2.45, 2.75) is 69.1 Å². The molecule has 0 bridgehead atoms. The molecule has 0 aliphatic heterocycles. The fourth-order valence-electron chi connectivity index (χ4n) is 5.77. The Balaban J connectivity index is 0.00000240. The molecule has 0 spiro atoms. The third-order valence-corrected chi connectivity index (χ3v) is 9.50. The van der Waals surface area contributed by atoms with Crippen molar-refractivity contribution < 1.29 is 85.1 Å². The van der Waals surface area contributed by atoms with Gasteiger partial charge in [-0.25, -0.2) is 16.8 Å². The first-order chi connectivity index (χ1) is 13.2. The van der Waals surface area contributed by atoms with Crippen LogP contribution in [0.3, 0.4) is 0 Å². The first-order valence-corrected chi connectivity index (χ1v) is 12.7. The molecule has 2 aliphatic rings. The van der Waals surface area contributed by atoms with Gasteiger partial charge in [0.2, 0.25) is 0 Å². The summed E-state index contributed by atoms with van der Waals surface area (Å²) >= 11 is 0. The zero-order chi connectivity index (χ0) is 21.8. The van der Waals surface area contributed by atoms with Crippen LogP contribution < -0.4 is 59.1 Å². The molecule has 0 radical (unpaired) electrons. The molecular formula is C21H28Na2O6S2. The van der Waals surface area contributed by atoms with Crippen molar-refractivity contribution in [3.63, 3.8) is 0 Å². The molecule has 162 valence electrons. The third-order valence-electron chi connectivity index (χ3n) is 7.73. The van der Waals surface area contributed by atoms with Crippen LogP contribution in [0.25, 0.3) is 0 Å². The van der Waals surface area contributed by atoms with Crippen LogP contribution in [0.4, 0.5) is 0 Å². The third kappa shape index (κ3) is 5.72. The molecule has 0 saturated heterocycles. The molecule has 2 fully saturated rings. The molecule has 31 heavy (non-hydrogen) atoms. The van der Waals surface area contributed by atoms with Crippen molar-refractivity contribution in [2.75, 3.05) is 0 Å². The molecule has 1 aromatic carbocycles. The fraction of sp³-hybridized carbons (Fsp3) is 0.619. The van der Waals surface area contributed by atoms with Crippen molar-refractivity contribution in [1.29, 1.82) is 0 Å². The molecular weight excluding hydrogens is 458 g/mol. The Bertz CT molecular complexity index is 1050. The second-order valence-corrected chi connectivity index (χ2v) is 12.0. The number of fused-ring (bicyclic) bond motifs is 1. The zero-order valence-electron chi connectivity index (χ0n) is 19.1. The average Bonchev–Trinajstić information content (AvgIpc) is 2.59. The summed E-state index contributed by atoms with van der Waals surface area (Å²) in [6.07, 6.45) is 5.11. The van der Waals surface area contributed by atoms with Crippen LogP contribution in [0.5, 0.6) is 0 Å². The van der Waals surface area contributed by atoms with E-state index in [0.29, 0.717) is 0 Å². The molecule has 2 saturated carbocycles. The fourth-order valence-corrected chi connectivity index (χ4v) is 6.98. The van der Waals surface area contributed by atoms with E-state index < -0.39 is 30.0 Å². The maximum atomic E-state index is 11.8. The van der Waals surface area contributed by atoms with E-state index in [1.165, 1.54) is 5.57 Å². The average molecular weight is 487 g/mol. The summed E-state index contributed by atoms with van der Waals surface area (Å²) in [5, 5.41) is 0. The minimum absolute atomic E-state index is 0. The Hall–Kier alpha value is 0.780. The van der Waals surface area contributed by atoms with Crippen LogP contribution >= 0.6 is 0 Å². The molecule has 2 aliphatic carbocycles. The standard InChI is InChI=1S/C21H30O6S2.2Na/c1-14-6-5-7-19-20(14,3)11-10-15(2)21(19,4)13-16-12-17(28(22,23)24)8-9-18(16)29(25,26)27;;/h8-9,12,15,19H,1,5-7,10-11,13H2,2-4H3,(H,22,23,24)(H,25,26,27);;/q;2*+1/p-2/t15-,19-,20+,21-;;/m1../s1. The van der Waals surface area contributed by atoms with Gasteiger partial charge in [-0.15, -0.1) is 0 Å². The summed E-state index contributed by atoms with van der Waals surface area (Å²) in [5.74, 6) is 0.468. The Morgan fingerprint density at radius 3 is 2.23 bits per heavy atom. The smallest absolute Gasteiger partial charge is 0.744 e. The van der Waals surface area contributed by atoms with E-state index in [2.05, 4.69) is 27.4 Å². The van der Waals surface area contributed by atoms with Crippen LogP contribution in [0.2, 0.25) is 0 Å². The number of hydrogen-bond donors (Lipinski definition) is 0. The minimum Gasteiger partial charge on any atom is -0.744 e. The molecule has 0 heterocycles. The van der Waals surface area contributed by atoms with Gasteiger partial charge in [0.05, 0.1) is 9.79 Å². The Morgan fingerprint density at radius 1 is 1.06 bits per heavy atom. The van der Waals surface area contributed by atoms with Crippen molar-refractivity contribution in [1.82, 2.24) is 0 Å². The van der Waals surface area contributed by atoms with E-state index in [-0.39, 0.29) is 93.8 Å². The van der Waals surface area contributed by atoms with Gasteiger partial charge in [-0.2, -0.15) is 0 Å². The zero-order valence-corrected chi connectivity index (χ0v) is 24.7.